The second-order valence-electron chi connectivity index (χ2n) is 3.13. The number of hydrogen-bond acceptors (Lipinski definition) is 2. The summed E-state index contributed by atoms with van der Waals surface area (Å²) in [5.74, 6) is -0.208. The van der Waals surface area contributed by atoms with Crippen molar-refractivity contribution in [1.82, 2.24) is 0 Å². The zero-order valence-corrected chi connectivity index (χ0v) is 11.2. The van der Waals surface area contributed by atoms with Gasteiger partial charge < -0.3 is 11.1 Å². The van der Waals surface area contributed by atoms with Gasteiger partial charge in [0.05, 0.1) is 16.8 Å². The molecule has 0 radical (unpaired) electrons. The molecule has 1 aromatic carbocycles. The molecule has 1 rings (SSSR count). The number of benzene rings is 1. The van der Waals surface area contributed by atoms with Crippen molar-refractivity contribution in [3.05, 3.63) is 26.8 Å². The molecule has 0 aliphatic heterocycles. The van der Waals surface area contributed by atoms with Crippen LogP contribution >= 0.6 is 34.2 Å². The van der Waals surface area contributed by atoms with Crippen molar-refractivity contribution >= 4 is 45.8 Å². The minimum Gasteiger partial charge on any atom is -0.323 e. The largest absolute Gasteiger partial charge is 0.323 e. The van der Waals surface area contributed by atoms with Gasteiger partial charge in [0.1, 0.15) is 0 Å². The maximum absolute atomic E-state index is 11.5. The van der Waals surface area contributed by atoms with E-state index in [2.05, 4.69) is 27.9 Å². The van der Waals surface area contributed by atoms with Gasteiger partial charge in [0.25, 0.3) is 0 Å². The molecule has 1 aromatic rings. The molecular formula is C10H12ClIN2O. The van der Waals surface area contributed by atoms with Crippen LogP contribution < -0.4 is 11.1 Å². The van der Waals surface area contributed by atoms with Crippen LogP contribution in [-0.4, -0.2) is 11.9 Å². The summed E-state index contributed by atoms with van der Waals surface area (Å²) >= 11 is 8.12. The second-order valence-corrected chi connectivity index (χ2v) is 4.78. The first-order valence-corrected chi connectivity index (χ1v) is 6.01. The number of anilines is 1. The normalized spacial score (nSPS) is 12.3. The lowest BCUT2D eigenvalue weighted by molar-refractivity contribution is -0.117. The molecule has 0 saturated heterocycles. The molecule has 0 aliphatic rings. The van der Waals surface area contributed by atoms with Crippen molar-refractivity contribution < 1.29 is 4.79 Å². The number of carbonyl (C=O) groups is 1. The van der Waals surface area contributed by atoms with Crippen LogP contribution in [0.3, 0.4) is 0 Å². The van der Waals surface area contributed by atoms with Gasteiger partial charge in [-0.25, -0.2) is 0 Å². The van der Waals surface area contributed by atoms with Crippen LogP contribution in [0, 0.1) is 3.57 Å². The first kappa shape index (κ1) is 12.7. The molecule has 15 heavy (non-hydrogen) atoms. The SMILES string of the molecule is CC[C@H](N)C(=O)Nc1ccc(I)cc1Cl. The van der Waals surface area contributed by atoms with Crippen LogP contribution in [-0.2, 0) is 4.79 Å². The minimum absolute atomic E-state index is 0.208. The fourth-order valence-corrected chi connectivity index (χ4v) is 1.90. The smallest absolute Gasteiger partial charge is 0.241 e. The monoisotopic (exact) mass is 338 g/mol. The molecule has 0 saturated carbocycles. The Morgan fingerprint density at radius 3 is 2.87 bits per heavy atom. The first-order chi connectivity index (χ1) is 7.04. The Hall–Kier alpha value is -0.330. The average molecular weight is 339 g/mol. The lowest BCUT2D eigenvalue weighted by atomic mass is 10.2. The summed E-state index contributed by atoms with van der Waals surface area (Å²) in [6, 6.07) is 4.94. The van der Waals surface area contributed by atoms with Crippen molar-refractivity contribution in [2.75, 3.05) is 5.32 Å². The highest BCUT2D eigenvalue weighted by molar-refractivity contribution is 14.1. The molecule has 3 N–H and O–H groups in total. The Labute approximate surface area is 108 Å². The van der Waals surface area contributed by atoms with Crippen LogP contribution in [0.1, 0.15) is 13.3 Å². The van der Waals surface area contributed by atoms with Gasteiger partial charge in [-0.2, -0.15) is 0 Å². The Balaban J connectivity index is 2.77. The number of nitrogens with two attached hydrogens (primary N) is 1. The van der Waals surface area contributed by atoms with Gasteiger partial charge in [-0.3, -0.25) is 4.79 Å². The number of hydrogen-bond donors (Lipinski definition) is 2. The van der Waals surface area contributed by atoms with Crippen LogP contribution in [0.4, 0.5) is 5.69 Å². The summed E-state index contributed by atoms with van der Waals surface area (Å²) in [5, 5.41) is 3.22. The van der Waals surface area contributed by atoms with Gasteiger partial charge in [-0.1, -0.05) is 18.5 Å². The summed E-state index contributed by atoms with van der Waals surface area (Å²) in [5.41, 5.74) is 6.19. The molecule has 1 atom stereocenters. The summed E-state index contributed by atoms with van der Waals surface area (Å²) in [4.78, 5) is 11.5. The molecule has 82 valence electrons. The first-order valence-electron chi connectivity index (χ1n) is 4.56. The quantitative estimate of drug-likeness (QED) is 0.833. The third-order valence-corrected chi connectivity index (χ3v) is 2.95. The van der Waals surface area contributed by atoms with Crippen molar-refractivity contribution in [2.45, 2.75) is 19.4 Å². The van der Waals surface area contributed by atoms with Crippen molar-refractivity contribution in [1.29, 1.82) is 0 Å². The second kappa shape index (κ2) is 5.67. The van der Waals surface area contributed by atoms with E-state index >= 15 is 0 Å². The maximum Gasteiger partial charge on any atom is 0.241 e. The van der Waals surface area contributed by atoms with E-state index < -0.39 is 6.04 Å². The lowest BCUT2D eigenvalue weighted by Gasteiger charge is -2.11. The predicted octanol–water partition coefficient (Wildman–Crippen LogP) is 2.62. The number of halogens is 2. The predicted molar refractivity (Wildman–Crippen MR) is 71.1 cm³/mol. The Kier molecular flexibility index (Phi) is 4.82. The Morgan fingerprint density at radius 1 is 1.67 bits per heavy atom. The zero-order chi connectivity index (χ0) is 11.4. The van der Waals surface area contributed by atoms with E-state index in [0.717, 1.165) is 3.57 Å². The molecule has 0 spiro atoms. The third kappa shape index (κ3) is 3.62. The zero-order valence-electron chi connectivity index (χ0n) is 8.26. The van der Waals surface area contributed by atoms with E-state index in [1.165, 1.54) is 0 Å². The summed E-state index contributed by atoms with van der Waals surface area (Å²) in [6.07, 6.45) is 0.605. The topological polar surface area (TPSA) is 55.1 Å². The van der Waals surface area contributed by atoms with E-state index in [-0.39, 0.29) is 5.91 Å². The Morgan fingerprint density at radius 2 is 2.33 bits per heavy atom. The molecule has 0 bridgehead atoms. The van der Waals surface area contributed by atoms with E-state index in [1.807, 2.05) is 13.0 Å². The standard InChI is InChI=1S/C10H12ClIN2O/c1-2-8(13)10(15)14-9-4-3-6(12)5-7(9)11/h3-5,8H,2,13H2,1H3,(H,14,15)/t8-/m0/s1. The number of carbonyl (C=O) groups excluding carboxylic acids is 1. The third-order valence-electron chi connectivity index (χ3n) is 1.97. The maximum atomic E-state index is 11.5. The van der Waals surface area contributed by atoms with Gasteiger partial charge in [-0.15, -0.1) is 0 Å². The van der Waals surface area contributed by atoms with Gasteiger partial charge in [0.2, 0.25) is 5.91 Å². The van der Waals surface area contributed by atoms with E-state index in [0.29, 0.717) is 17.1 Å². The van der Waals surface area contributed by atoms with E-state index in [9.17, 15) is 4.79 Å². The summed E-state index contributed by atoms with van der Waals surface area (Å²) < 4.78 is 1.02. The van der Waals surface area contributed by atoms with Gasteiger partial charge in [-0.05, 0) is 47.2 Å². The highest BCUT2D eigenvalue weighted by Crippen LogP contribution is 2.23. The molecule has 0 aliphatic carbocycles. The molecule has 0 fully saturated rings. The average Bonchev–Trinajstić information content (AvgIpc) is 2.20. The fraction of sp³-hybridized carbons (Fsp3) is 0.300. The highest BCUT2D eigenvalue weighted by Gasteiger charge is 2.12. The fourth-order valence-electron chi connectivity index (χ4n) is 1.00. The van der Waals surface area contributed by atoms with Crippen LogP contribution in [0.25, 0.3) is 0 Å². The molecule has 0 unspecified atom stereocenters. The summed E-state index contributed by atoms with van der Waals surface area (Å²) in [7, 11) is 0. The lowest BCUT2D eigenvalue weighted by Crippen LogP contribution is -2.34. The van der Waals surface area contributed by atoms with Crippen molar-refractivity contribution in [3.63, 3.8) is 0 Å². The Bertz CT molecular complexity index is 370. The van der Waals surface area contributed by atoms with Crippen LogP contribution in [0.15, 0.2) is 18.2 Å². The van der Waals surface area contributed by atoms with Crippen molar-refractivity contribution in [2.24, 2.45) is 5.73 Å². The van der Waals surface area contributed by atoms with Gasteiger partial charge in [0.15, 0.2) is 0 Å². The van der Waals surface area contributed by atoms with Gasteiger partial charge in [0, 0.05) is 3.57 Å². The van der Waals surface area contributed by atoms with E-state index in [4.69, 9.17) is 17.3 Å². The molecule has 5 heteroatoms. The minimum atomic E-state index is -0.486. The van der Waals surface area contributed by atoms with Crippen molar-refractivity contribution in [3.8, 4) is 0 Å². The number of amides is 1. The molecule has 0 heterocycles. The van der Waals surface area contributed by atoms with Gasteiger partial charge >= 0.3 is 0 Å². The molecule has 0 aromatic heterocycles. The van der Waals surface area contributed by atoms with E-state index in [1.54, 1.807) is 12.1 Å². The summed E-state index contributed by atoms with van der Waals surface area (Å²) in [6.45, 7) is 1.86. The molecular weight excluding hydrogens is 326 g/mol. The number of rotatable bonds is 3. The number of nitrogens with one attached hydrogen (secondary N) is 1. The highest BCUT2D eigenvalue weighted by atomic mass is 127. The van der Waals surface area contributed by atoms with Crippen LogP contribution in [0.2, 0.25) is 5.02 Å². The molecule has 3 nitrogen and oxygen atoms in total. The molecule has 1 amide bonds. The van der Waals surface area contributed by atoms with Crippen LogP contribution in [0.5, 0.6) is 0 Å².